The molecule has 0 bridgehead atoms. The number of amides is 4. The number of carbonyl (C=O) groups excluding carboxylic acids is 3. The minimum Gasteiger partial charge on any atom is -0.488 e. The number of benzene rings is 4. The minimum absolute atomic E-state index is 0.142. The number of hydrogen-bond acceptors (Lipinski definition) is 4. The number of barbiturate groups is 1. The third-order valence-corrected chi connectivity index (χ3v) is 6.88. The summed E-state index contributed by atoms with van der Waals surface area (Å²) in [7, 11) is 0. The third-order valence-electron chi connectivity index (χ3n) is 6.88. The van der Waals surface area contributed by atoms with Crippen molar-refractivity contribution in [2.75, 3.05) is 4.90 Å². The van der Waals surface area contributed by atoms with Crippen LogP contribution in [-0.2, 0) is 16.2 Å². The highest BCUT2D eigenvalue weighted by atomic mass is 16.5. The number of hydrogen-bond donors (Lipinski definition) is 1. The van der Waals surface area contributed by atoms with Crippen LogP contribution < -0.4 is 15.0 Å². The van der Waals surface area contributed by atoms with Gasteiger partial charge < -0.3 is 4.74 Å². The number of aryl methyl sites for hydroxylation is 4. The molecular weight excluding hydrogens is 476 g/mol. The molecule has 0 aromatic heterocycles. The van der Waals surface area contributed by atoms with E-state index in [1.165, 1.54) is 17.2 Å². The molecule has 1 aliphatic heterocycles. The Kier molecular flexibility index (Phi) is 6.55. The van der Waals surface area contributed by atoms with Crippen LogP contribution in [0.25, 0.3) is 16.8 Å². The molecule has 1 saturated heterocycles. The van der Waals surface area contributed by atoms with Crippen LogP contribution in [0.2, 0.25) is 0 Å². The Labute approximate surface area is 221 Å². The predicted octanol–water partition coefficient (Wildman–Crippen LogP) is 6.32. The number of imide groups is 2. The maximum atomic E-state index is 13.6. The number of urea groups is 1. The standard InChI is InChI=1S/C32H28N2O4/c1-19-9-13-28(22(4)15-19)34-31(36)27(30(35)33-32(34)37)17-26-25-8-6-5-7-24(25)12-14-29(26)38-18-23-11-10-20(2)21(3)16-23/h5-17H,18H2,1-4H3,(H,33,35,37)/b27-17+. The van der Waals surface area contributed by atoms with Gasteiger partial charge in [0, 0.05) is 5.56 Å². The number of carbonyl (C=O) groups is 3. The van der Waals surface area contributed by atoms with Gasteiger partial charge in [0.05, 0.1) is 5.69 Å². The summed E-state index contributed by atoms with van der Waals surface area (Å²) in [5.74, 6) is -0.891. The van der Waals surface area contributed by atoms with Crippen LogP contribution in [0.4, 0.5) is 10.5 Å². The molecule has 0 spiro atoms. The van der Waals surface area contributed by atoms with Crippen LogP contribution in [0.1, 0.15) is 33.4 Å². The van der Waals surface area contributed by atoms with Crippen LogP contribution in [0.5, 0.6) is 5.75 Å². The lowest BCUT2D eigenvalue weighted by molar-refractivity contribution is -0.122. The van der Waals surface area contributed by atoms with Gasteiger partial charge in [-0.3, -0.25) is 14.9 Å². The Balaban J connectivity index is 1.58. The van der Waals surface area contributed by atoms with Gasteiger partial charge in [0.1, 0.15) is 17.9 Å². The molecule has 190 valence electrons. The van der Waals surface area contributed by atoms with Crippen LogP contribution in [0.15, 0.2) is 78.4 Å². The first-order chi connectivity index (χ1) is 18.2. The van der Waals surface area contributed by atoms with E-state index in [9.17, 15) is 14.4 Å². The molecule has 4 amide bonds. The topological polar surface area (TPSA) is 75.7 Å². The molecule has 4 aromatic carbocycles. The van der Waals surface area contributed by atoms with Gasteiger partial charge in [-0.25, -0.2) is 9.69 Å². The van der Waals surface area contributed by atoms with E-state index in [0.29, 0.717) is 23.6 Å². The molecule has 1 N–H and O–H groups in total. The molecule has 1 fully saturated rings. The number of nitrogens with one attached hydrogen (secondary N) is 1. The van der Waals surface area contributed by atoms with Gasteiger partial charge in [0.2, 0.25) is 0 Å². The predicted molar refractivity (Wildman–Crippen MR) is 149 cm³/mol. The van der Waals surface area contributed by atoms with Crippen LogP contribution in [0, 0.1) is 27.7 Å². The number of fused-ring (bicyclic) bond motifs is 1. The second-order valence-electron chi connectivity index (χ2n) is 9.65. The first kappa shape index (κ1) is 25.0. The Hall–Kier alpha value is -4.71. The Bertz CT molecular complexity index is 1650. The lowest BCUT2D eigenvalue weighted by atomic mass is 9.99. The fourth-order valence-electron chi connectivity index (χ4n) is 4.68. The summed E-state index contributed by atoms with van der Waals surface area (Å²) in [6.07, 6.45) is 1.53. The van der Waals surface area contributed by atoms with E-state index in [1.807, 2.05) is 68.4 Å². The quantitative estimate of drug-likeness (QED) is 0.255. The molecule has 38 heavy (non-hydrogen) atoms. The average Bonchev–Trinajstić information content (AvgIpc) is 2.88. The monoisotopic (exact) mass is 504 g/mol. The average molecular weight is 505 g/mol. The zero-order valence-corrected chi connectivity index (χ0v) is 21.8. The smallest absolute Gasteiger partial charge is 0.335 e. The van der Waals surface area contributed by atoms with Crippen LogP contribution in [0.3, 0.4) is 0 Å². The molecule has 0 atom stereocenters. The number of ether oxygens (including phenoxy) is 1. The fraction of sp³-hybridized carbons (Fsp3) is 0.156. The summed E-state index contributed by atoms with van der Waals surface area (Å²) >= 11 is 0. The molecule has 0 aliphatic carbocycles. The highest BCUT2D eigenvalue weighted by Crippen LogP contribution is 2.33. The second-order valence-corrected chi connectivity index (χ2v) is 9.65. The Morgan fingerprint density at radius 3 is 2.37 bits per heavy atom. The molecule has 1 heterocycles. The summed E-state index contributed by atoms with van der Waals surface area (Å²) in [5.41, 5.74) is 6.03. The van der Waals surface area contributed by atoms with Crippen molar-refractivity contribution in [3.05, 3.63) is 112 Å². The van der Waals surface area contributed by atoms with Crippen molar-refractivity contribution in [1.29, 1.82) is 0 Å². The summed E-state index contributed by atoms with van der Waals surface area (Å²) in [5, 5.41) is 4.09. The lowest BCUT2D eigenvalue weighted by Gasteiger charge is -2.28. The van der Waals surface area contributed by atoms with Crippen molar-refractivity contribution < 1.29 is 19.1 Å². The second kappa shape index (κ2) is 9.98. The van der Waals surface area contributed by atoms with Crippen molar-refractivity contribution in [3.8, 4) is 5.75 Å². The third kappa shape index (κ3) is 4.68. The van der Waals surface area contributed by atoms with Crippen molar-refractivity contribution >= 4 is 40.4 Å². The summed E-state index contributed by atoms with van der Waals surface area (Å²) in [6.45, 7) is 8.20. The normalized spacial score (nSPS) is 14.8. The van der Waals surface area contributed by atoms with Crippen LogP contribution in [-0.4, -0.2) is 17.8 Å². The summed E-state index contributed by atoms with van der Waals surface area (Å²) < 4.78 is 6.23. The van der Waals surface area contributed by atoms with E-state index in [2.05, 4.69) is 31.3 Å². The summed E-state index contributed by atoms with van der Waals surface area (Å²) in [6, 6.07) is 22.3. The van der Waals surface area contributed by atoms with Crippen molar-refractivity contribution in [2.45, 2.75) is 34.3 Å². The van der Waals surface area contributed by atoms with Gasteiger partial charge in [-0.2, -0.15) is 0 Å². The highest BCUT2D eigenvalue weighted by molar-refractivity contribution is 6.39. The van der Waals surface area contributed by atoms with Gasteiger partial charge in [-0.1, -0.05) is 66.2 Å². The maximum absolute atomic E-state index is 13.6. The molecular formula is C32H28N2O4. The van der Waals surface area contributed by atoms with Gasteiger partial charge >= 0.3 is 6.03 Å². The van der Waals surface area contributed by atoms with E-state index >= 15 is 0 Å². The Morgan fingerprint density at radius 1 is 0.816 bits per heavy atom. The van der Waals surface area contributed by atoms with E-state index in [4.69, 9.17) is 4.74 Å². The minimum atomic E-state index is -0.770. The molecule has 1 aliphatic rings. The van der Waals surface area contributed by atoms with Crippen molar-refractivity contribution in [1.82, 2.24) is 5.32 Å². The lowest BCUT2D eigenvalue weighted by Crippen LogP contribution is -2.54. The van der Waals surface area contributed by atoms with Crippen molar-refractivity contribution in [3.63, 3.8) is 0 Å². The van der Waals surface area contributed by atoms with Gasteiger partial charge in [0.15, 0.2) is 0 Å². The zero-order chi connectivity index (χ0) is 27.0. The van der Waals surface area contributed by atoms with E-state index in [-0.39, 0.29) is 5.57 Å². The zero-order valence-electron chi connectivity index (χ0n) is 21.8. The largest absolute Gasteiger partial charge is 0.488 e. The molecule has 5 rings (SSSR count). The van der Waals surface area contributed by atoms with E-state index in [0.717, 1.165) is 32.4 Å². The van der Waals surface area contributed by atoms with Gasteiger partial charge in [-0.15, -0.1) is 0 Å². The summed E-state index contributed by atoms with van der Waals surface area (Å²) in [4.78, 5) is 40.3. The molecule has 6 nitrogen and oxygen atoms in total. The van der Waals surface area contributed by atoms with Crippen molar-refractivity contribution in [2.24, 2.45) is 0 Å². The number of rotatable bonds is 5. The van der Waals surface area contributed by atoms with Gasteiger partial charge in [0.25, 0.3) is 11.8 Å². The fourth-order valence-corrected chi connectivity index (χ4v) is 4.68. The number of anilines is 1. The number of nitrogens with zero attached hydrogens (tertiary/aromatic N) is 1. The maximum Gasteiger partial charge on any atom is 0.335 e. The molecule has 4 aromatic rings. The first-order valence-corrected chi connectivity index (χ1v) is 12.4. The molecule has 0 saturated carbocycles. The van der Waals surface area contributed by atoms with Crippen LogP contribution >= 0.6 is 0 Å². The molecule has 0 radical (unpaired) electrons. The Morgan fingerprint density at radius 2 is 1.61 bits per heavy atom. The van der Waals surface area contributed by atoms with E-state index in [1.54, 1.807) is 6.07 Å². The first-order valence-electron chi connectivity index (χ1n) is 12.4. The highest BCUT2D eigenvalue weighted by Gasteiger charge is 2.37. The molecule has 6 heteroatoms. The molecule has 0 unspecified atom stereocenters. The van der Waals surface area contributed by atoms with Gasteiger partial charge in [-0.05, 0) is 78.9 Å². The van der Waals surface area contributed by atoms with E-state index < -0.39 is 17.8 Å². The SMILES string of the molecule is Cc1ccc(N2C(=O)NC(=O)/C(=C\c3c(OCc4ccc(C)c(C)c4)ccc4ccccc34)C2=O)c(C)c1.